The SMILES string of the molecule is CN1C(=O)CC(NC(=O)c2cccc(C(=O)O)n2)C1=O. The molecule has 8 nitrogen and oxygen atoms in total. The molecule has 3 amide bonds. The number of likely N-dealkylation sites (N-methyl/N-ethyl adjacent to an activating group) is 1. The molecule has 0 saturated carbocycles. The number of likely N-dealkylation sites (tertiary alicyclic amines) is 1. The highest BCUT2D eigenvalue weighted by molar-refractivity contribution is 6.07. The number of amides is 3. The maximum atomic E-state index is 11.9. The van der Waals surface area contributed by atoms with Gasteiger partial charge in [0.1, 0.15) is 17.4 Å². The summed E-state index contributed by atoms with van der Waals surface area (Å²) in [7, 11) is 1.33. The van der Waals surface area contributed by atoms with E-state index in [4.69, 9.17) is 5.11 Å². The molecule has 1 atom stereocenters. The molecule has 1 aliphatic heterocycles. The van der Waals surface area contributed by atoms with Crippen LogP contribution >= 0.6 is 0 Å². The Balaban J connectivity index is 2.13. The third-order valence-corrected chi connectivity index (χ3v) is 2.89. The smallest absolute Gasteiger partial charge is 0.354 e. The summed E-state index contributed by atoms with van der Waals surface area (Å²) < 4.78 is 0. The fourth-order valence-electron chi connectivity index (χ4n) is 1.78. The van der Waals surface area contributed by atoms with Gasteiger partial charge in [0.05, 0.1) is 6.42 Å². The Kier molecular flexibility index (Phi) is 3.47. The van der Waals surface area contributed by atoms with Gasteiger partial charge in [-0.2, -0.15) is 0 Å². The van der Waals surface area contributed by atoms with Crippen molar-refractivity contribution in [3.8, 4) is 0 Å². The number of carbonyl (C=O) groups is 4. The molecular weight excluding hydrogens is 266 g/mol. The average molecular weight is 277 g/mol. The lowest BCUT2D eigenvalue weighted by Gasteiger charge is -2.10. The second-order valence-electron chi connectivity index (χ2n) is 4.23. The molecule has 0 spiro atoms. The quantitative estimate of drug-likeness (QED) is 0.703. The van der Waals surface area contributed by atoms with Crippen molar-refractivity contribution < 1.29 is 24.3 Å². The Morgan fingerprint density at radius 1 is 1.35 bits per heavy atom. The summed E-state index contributed by atoms with van der Waals surface area (Å²) in [6.07, 6.45) is -0.111. The van der Waals surface area contributed by atoms with Crippen LogP contribution in [0.2, 0.25) is 0 Å². The highest BCUT2D eigenvalue weighted by Gasteiger charge is 2.37. The van der Waals surface area contributed by atoms with Crippen LogP contribution in [0.5, 0.6) is 0 Å². The van der Waals surface area contributed by atoms with Crippen LogP contribution in [-0.4, -0.2) is 51.8 Å². The number of nitrogens with zero attached hydrogens (tertiary/aromatic N) is 2. The van der Waals surface area contributed by atoms with E-state index in [0.29, 0.717) is 0 Å². The lowest BCUT2D eigenvalue weighted by Crippen LogP contribution is -2.41. The zero-order valence-corrected chi connectivity index (χ0v) is 10.5. The molecule has 1 saturated heterocycles. The Labute approximate surface area is 113 Å². The third kappa shape index (κ3) is 2.48. The maximum absolute atomic E-state index is 11.9. The van der Waals surface area contributed by atoms with Crippen molar-refractivity contribution in [1.82, 2.24) is 15.2 Å². The normalized spacial score (nSPS) is 18.2. The van der Waals surface area contributed by atoms with Gasteiger partial charge >= 0.3 is 5.97 Å². The van der Waals surface area contributed by atoms with E-state index < -0.39 is 23.8 Å². The number of imide groups is 1. The van der Waals surface area contributed by atoms with Crippen molar-refractivity contribution in [2.75, 3.05) is 7.05 Å². The van der Waals surface area contributed by atoms with Gasteiger partial charge in [0.2, 0.25) is 5.91 Å². The summed E-state index contributed by atoms with van der Waals surface area (Å²) >= 11 is 0. The van der Waals surface area contributed by atoms with Gasteiger partial charge in [-0.3, -0.25) is 19.3 Å². The monoisotopic (exact) mass is 277 g/mol. The van der Waals surface area contributed by atoms with Gasteiger partial charge in [-0.05, 0) is 12.1 Å². The second kappa shape index (κ2) is 5.08. The van der Waals surface area contributed by atoms with Gasteiger partial charge in [-0.25, -0.2) is 9.78 Å². The number of carbonyl (C=O) groups excluding carboxylic acids is 3. The predicted octanol–water partition coefficient (Wildman–Crippen LogP) is -0.733. The maximum Gasteiger partial charge on any atom is 0.354 e. The molecule has 2 rings (SSSR count). The first kappa shape index (κ1) is 13.7. The van der Waals surface area contributed by atoms with Gasteiger partial charge in [0.25, 0.3) is 11.8 Å². The summed E-state index contributed by atoms with van der Waals surface area (Å²) in [4.78, 5) is 50.2. The van der Waals surface area contributed by atoms with Crippen LogP contribution in [0.3, 0.4) is 0 Å². The van der Waals surface area contributed by atoms with Gasteiger partial charge < -0.3 is 10.4 Å². The minimum absolute atomic E-state index is 0.111. The molecule has 0 aliphatic carbocycles. The Hall–Kier alpha value is -2.77. The zero-order valence-electron chi connectivity index (χ0n) is 10.5. The third-order valence-electron chi connectivity index (χ3n) is 2.89. The highest BCUT2D eigenvalue weighted by atomic mass is 16.4. The van der Waals surface area contributed by atoms with Crippen LogP contribution in [0, 0.1) is 0 Å². The second-order valence-corrected chi connectivity index (χ2v) is 4.23. The van der Waals surface area contributed by atoms with Crippen molar-refractivity contribution in [3.63, 3.8) is 0 Å². The lowest BCUT2D eigenvalue weighted by atomic mass is 10.2. The first-order chi connectivity index (χ1) is 9.40. The zero-order chi connectivity index (χ0) is 14.9. The van der Waals surface area contributed by atoms with E-state index in [1.165, 1.54) is 25.2 Å². The number of carboxylic acids is 1. The number of aromatic nitrogens is 1. The van der Waals surface area contributed by atoms with Crippen molar-refractivity contribution in [3.05, 3.63) is 29.6 Å². The molecule has 2 heterocycles. The molecule has 104 valence electrons. The summed E-state index contributed by atoms with van der Waals surface area (Å²) in [6, 6.07) is 3.01. The van der Waals surface area contributed by atoms with Gasteiger partial charge in [-0.15, -0.1) is 0 Å². The standard InChI is InChI=1S/C12H11N3O5/c1-15-9(16)5-8(11(15)18)14-10(17)6-3-2-4-7(13-6)12(19)20/h2-4,8H,5H2,1H3,(H,14,17)(H,19,20). The summed E-state index contributed by atoms with van der Waals surface area (Å²) in [5, 5.41) is 11.2. The minimum atomic E-state index is -1.26. The summed E-state index contributed by atoms with van der Waals surface area (Å²) in [6.45, 7) is 0. The Bertz CT molecular complexity index is 613. The van der Waals surface area contributed by atoms with E-state index in [-0.39, 0.29) is 23.7 Å². The van der Waals surface area contributed by atoms with E-state index in [1.54, 1.807) is 0 Å². The molecule has 2 N–H and O–H groups in total. The topological polar surface area (TPSA) is 117 Å². The van der Waals surface area contributed by atoms with E-state index in [0.717, 1.165) is 4.90 Å². The van der Waals surface area contributed by atoms with Gasteiger partial charge in [-0.1, -0.05) is 6.07 Å². The Morgan fingerprint density at radius 2 is 2.00 bits per heavy atom. The highest BCUT2D eigenvalue weighted by Crippen LogP contribution is 2.11. The fraction of sp³-hybridized carbons (Fsp3) is 0.250. The molecule has 1 aliphatic rings. The predicted molar refractivity (Wildman–Crippen MR) is 64.8 cm³/mol. The van der Waals surface area contributed by atoms with Crippen LogP contribution in [-0.2, 0) is 9.59 Å². The first-order valence-electron chi connectivity index (χ1n) is 5.71. The number of carboxylic acid groups (broad SMARTS) is 1. The molecule has 0 bridgehead atoms. The molecule has 0 aromatic carbocycles. The minimum Gasteiger partial charge on any atom is -0.477 e. The van der Waals surface area contributed by atoms with Crippen LogP contribution < -0.4 is 5.32 Å². The molecule has 8 heteroatoms. The molecule has 20 heavy (non-hydrogen) atoms. The van der Waals surface area contributed by atoms with Crippen LogP contribution in [0.4, 0.5) is 0 Å². The van der Waals surface area contributed by atoms with Crippen molar-refractivity contribution in [2.45, 2.75) is 12.5 Å². The van der Waals surface area contributed by atoms with Crippen LogP contribution in [0.1, 0.15) is 27.4 Å². The van der Waals surface area contributed by atoms with Crippen LogP contribution in [0.15, 0.2) is 18.2 Å². The summed E-state index contributed by atoms with van der Waals surface area (Å²) in [5.41, 5.74) is -0.400. The molecule has 1 aromatic rings. The number of hydrogen-bond donors (Lipinski definition) is 2. The van der Waals surface area contributed by atoms with Crippen molar-refractivity contribution in [1.29, 1.82) is 0 Å². The largest absolute Gasteiger partial charge is 0.477 e. The molecule has 1 aromatic heterocycles. The first-order valence-corrected chi connectivity index (χ1v) is 5.71. The van der Waals surface area contributed by atoms with Gasteiger partial charge in [0, 0.05) is 7.05 Å². The fourth-order valence-corrected chi connectivity index (χ4v) is 1.78. The molecule has 0 radical (unpaired) electrons. The number of rotatable bonds is 3. The lowest BCUT2D eigenvalue weighted by molar-refractivity contribution is -0.137. The summed E-state index contributed by atoms with van der Waals surface area (Å²) in [5.74, 6) is -2.84. The van der Waals surface area contributed by atoms with Crippen LogP contribution in [0.25, 0.3) is 0 Å². The van der Waals surface area contributed by atoms with E-state index >= 15 is 0 Å². The number of pyridine rings is 1. The van der Waals surface area contributed by atoms with E-state index in [9.17, 15) is 19.2 Å². The number of nitrogens with one attached hydrogen (secondary N) is 1. The number of aromatic carboxylic acids is 1. The van der Waals surface area contributed by atoms with Gasteiger partial charge in [0.15, 0.2) is 0 Å². The van der Waals surface area contributed by atoms with Crippen molar-refractivity contribution >= 4 is 23.7 Å². The van der Waals surface area contributed by atoms with Crippen molar-refractivity contribution in [2.24, 2.45) is 0 Å². The molecular formula is C12H11N3O5. The molecule has 1 unspecified atom stereocenters. The number of hydrogen-bond acceptors (Lipinski definition) is 5. The average Bonchev–Trinajstić information content (AvgIpc) is 2.66. The molecule has 1 fully saturated rings. The van der Waals surface area contributed by atoms with E-state index in [2.05, 4.69) is 10.3 Å². The van der Waals surface area contributed by atoms with E-state index in [1.807, 2.05) is 0 Å². The Morgan fingerprint density at radius 3 is 2.55 bits per heavy atom.